The van der Waals surface area contributed by atoms with Crippen molar-refractivity contribution in [3.63, 3.8) is 0 Å². The number of nitrogens with one attached hydrogen (secondary N) is 1. The summed E-state index contributed by atoms with van der Waals surface area (Å²) in [5, 5.41) is 9.85. The van der Waals surface area contributed by atoms with E-state index in [0.717, 1.165) is 105 Å². The first-order valence-electron chi connectivity index (χ1n) is 17.0. The lowest BCUT2D eigenvalue weighted by atomic mass is 9.94. The molecule has 4 heterocycles. The Morgan fingerprint density at radius 1 is 0.412 bits per heavy atom. The summed E-state index contributed by atoms with van der Waals surface area (Å²) in [6, 6.07) is 51.5. The number of rotatable bonds is 4. The Morgan fingerprint density at radius 2 is 1.02 bits per heavy atom. The van der Waals surface area contributed by atoms with Gasteiger partial charge in [0.1, 0.15) is 45.2 Å². The second-order valence-electron chi connectivity index (χ2n) is 12.9. The molecule has 3 aromatic heterocycles. The predicted octanol–water partition coefficient (Wildman–Crippen LogP) is 11.5. The number of hydrogen-bond acceptors (Lipinski definition) is 6. The maximum absolute atomic E-state index is 6.76. The molecule has 1 N–H and O–H groups in total. The van der Waals surface area contributed by atoms with Crippen molar-refractivity contribution in [3.8, 4) is 11.1 Å². The molecule has 1 atom stereocenters. The molecule has 0 bridgehead atoms. The lowest BCUT2D eigenvalue weighted by Gasteiger charge is -2.23. The molecule has 6 heteroatoms. The lowest BCUT2D eigenvalue weighted by molar-refractivity contribution is 0.668. The minimum atomic E-state index is -0.545. The fourth-order valence-electron chi connectivity index (χ4n) is 7.63. The summed E-state index contributed by atoms with van der Waals surface area (Å²) in [7, 11) is 0. The van der Waals surface area contributed by atoms with Crippen LogP contribution in [-0.4, -0.2) is 11.7 Å². The van der Waals surface area contributed by atoms with Crippen LogP contribution in [0.4, 0.5) is 0 Å². The Balaban J connectivity index is 1.15. The van der Waals surface area contributed by atoms with E-state index in [1.807, 2.05) is 78.9 Å². The number of nitrogens with zero attached hydrogens (tertiary/aromatic N) is 2. The molecular weight excluding hydrogens is 631 g/mol. The number of fused-ring (bicyclic) bond motifs is 9. The second-order valence-corrected chi connectivity index (χ2v) is 12.9. The van der Waals surface area contributed by atoms with Gasteiger partial charge in [0.25, 0.3) is 0 Å². The summed E-state index contributed by atoms with van der Waals surface area (Å²) in [5.74, 6) is 1.49. The highest BCUT2D eigenvalue weighted by molar-refractivity contribution is 6.20. The fraction of sp³-hybridized carbons (Fsp3) is 0.0222. The van der Waals surface area contributed by atoms with Crippen molar-refractivity contribution < 1.29 is 13.3 Å². The lowest BCUT2D eigenvalue weighted by Crippen LogP contribution is -2.36. The molecule has 0 fully saturated rings. The smallest absolute Gasteiger partial charge is 0.170 e. The van der Waals surface area contributed by atoms with E-state index in [1.165, 1.54) is 0 Å². The molecule has 0 spiro atoms. The van der Waals surface area contributed by atoms with Crippen LogP contribution in [0.25, 0.3) is 76.9 Å². The van der Waals surface area contributed by atoms with Crippen LogP contribution in [-0.2, 0) is 0 Å². The SMILES string of the molecule is c1ccc(C2=NC(c3ccc(-c4cccc5oc6ccccc6c45)c4oc5ccccc5c34)N=C(c3ccc4oc5ccccc5c4c3)N2)cc1. The van der Waals surface area contributed by atoms with Gasteiger partial charge in [-0.05, 0) is 48.0 Å². The number of hydrogen-bond donors (Lipinski definition) is 1. The molecule has 6 nitrogen and oxygen atoms in total. The van der Waals surface area contributed by atoms with Crippen molar-refractivity contribution in [1.29, 1.82) is 0 Å². The van der Waals surface area contributed by atoms with Gasteiger partial charge in [0.05, 0.1) is 0 Å². The van der Waals surface area contributed by atoms with Crippen LogP contribution in [0.5, 0.6) is 0 Å². The number of aliphatic imine (C=N–C) groups is 2. The molecule has 0 aliphatic carbocycles. The molecule has 0 saturated heterocycles. The van der Waals surface area contributed by atoms with Crippen molar-refractivity contribution in [2.24, 2.45) is 9.98 Å². The molecule has 1 aliphatic heterocycles. The summed E-state index contributed by atoms with van der Waals surface area (Å²) in [6.45, 7) is 0. The Morgan fingerprint density at radius 3 is 1.82 bits per heavy atom. The van der Waals surface area contributed by atoms with E-state index in [9.17, 15) is 0 Å². The summed E-state index contributed by atoms with van der Waals surface area (Å²) >= 11 is 0. The second kappa shape index (κ2) is 10.8. The molecule has 11 rings (SSSR count). The maximum Gasteiger partial charge on any atom is 0.170 e. The molecule has 1 aliphatic rings. The molecule has 51 heavy (non-hydrogen) atoms. The van der Waals surface area contributed by atoms with Gasteiger partial charge in [-0.3, -0.25) is 0 Å². The molecule has 240 valence electrons. The van der Waals surface area contributed by atoms with Gasteiger partial charge in [-0.1, -0.05) is 109 Å². The van der Waals surface area contributed by atoms with Crippen LogP contribution in [0.2, 0.25) is 0 Å². The van der Waals surface area contributed by atoms with Crippen LogP contribution in [0.1, 0.15) is 22.9 Å². The first-order valence-corrected chi connectivity index (χ1v) is 17.0. The normalized spacial score (nSPS) is 14.9. The average molecular weight is 658 g/mol. The zero-order chi connectivity index (χ0) is 33.5. The summed E-state index contributed by atoms with van der Waals surface area (Å²) < 4.78 is 19.2. The van der Waals surface area contributed by atoms with E-state index in [-0.39, 0.29) is 0 Å². The minimum absolute atomic E-state index is 0.545. The highest BCUT2D eigenvalue weighted by Gasteiger charge is 2.27. The van der Waals surface area contributed by atoms with Crippen LogP contribution in [0.15, 0.2) is 175 Å². The van der Waals surface area contributed by atoms with Crippen LogP contribution in [0.3, 0.4) is 0 Å². The third-order valence-corrected chi connectivity index (χ3v) is 9.97. The van der Waals surface area contributed by atoms with Gasteiger partial charge in [0.2, 0.25) is 0 Å². The number of amidine groups is 2. The van der Waals surface area contributed by atoms with E-state index in [2.05, 4.69) is 78.1 Å². The van der Waals surface area contributed by atoms with Gasteiger partial charge in [-0.25, -0.2) is 9.98 Å². The highest BCUT2D eigenvalue weighted by atomic mass is 16.3. The molecule has 0 amide bonds. The monoisotopic (exact) mass is 657 g/mol. The zero-order valence-electron chi connectivity index (χ0n) is 27.1. The summed E-state index contributed by atoms with van der Waals surface area (Å²) in [4.78, 5) is 10.6. The quantitative estimate of drug-likeness (QED) is 0.204. The molecule has 0 radical (unpaired) electrons. The fourth-order valence-corrected chi connectivity index (χ4v) is 7.63. The Bertz CT molecular complexity index is 3070. The number of para-hydroxylation sites is 3. The van der Waals surface area contributed by atoms with E-state index >= 15 is 0 Å². The molecule has 7 aromatic carbocycles. The van der Waals surface area contributed by atoms with Gasteiger partial charge in [-0.2, -0.15) is 0 Å². The predicted molar refractivity (Wildman–Crippen MR) is 206 cm³/mol. The van der Waals surface area contributed by atoms with Gasteiger partial charge in [0, 0.05) is 54.6 Å². The number of furan rings is 3. The van der Waals surface area contributed by atoms with Crippen molar-refractivity contribution in [1.82, 2.24) is 5.32 Å². The first kappa shape index (κ1) is 28.0. The van der Waals surface area contributed by atoms with E-state index in [0.29, 0.717) is 0 Å². The summed E-state index contributed by atoms with van der Waals surface area (Å²) in [5.41, 5.74) is 9.95. The number of benzene rings is 7. The van der Waals surface area contributed by atoms with Crippen molar-refractivity contribution in [3.05, 3.63) is 168 Å². The van der Waals surface area contributed by atoms with Gasteiger partial charge in [-0.15, -0.1) is 0 Å². The molecule has 0 saturated carbocycles. The summed E-state index contributed by atoms with van der Waals surface area (Å²) in [6.07, 6.45) is -0.545. The van der Waals surface area contributed by atoms with Crippen molar-refractivity contribution in [2.75, 3.05) is 0 Å². The van der Waals surface area contributed by atoms with Crippen LogP contribution >= 0.6 is 0 Å². The Labute approximate surface area is 291 Å². The van der Waals surface area contributed by atoms with Crippen LogP contribution < -0.4 is 5.32 Å². The van der Waals surface area contributed by atoms with E-state index < -0.39 is 6.17 Å². The van der Waals surface area contributed by atoms with Crippen molar-refractivity contribution in [2.45, 2.75) is 6.17 Å². The van der Waals surface area contributed by atoms with Crippen molar-refractivity contribution >= 4 is 77.5 Å². The standard InChI is InChI=1S/C45H27N3O3/c1-2-11-26(12-3-1)43-46-44(27-21-24-38-34(25-27)28-13-4-7-17-35(28)49-38)48-45(47-43)33-23-22-30(42-41(33)32-15-6-9-19-37(32)51-42)29-16-10-20-39-40(29)31-14-5-8-18-36(31)50-39/h1-25,45H,(H,46,47,48). The van der Waals surface area contributed by atoms with Gasteiger partial charge >= 0.3 is 0 Å². The minimum Gasteiger partial charge on any atom is -0.456 e. The van der Waals surface area contributed by atoms with E-state index in [4.69, 9.17) is 23.2 Å². The Hall–Kier alpha value is -6.92. The van der Waals surface area contributed by atoms with Crippen LogP contribution in [0, 0.1) is 0 Å². The topological polar surface area (TPSA) is 76.2 Å². The Kier molecular flexibility index (Phi) is 5.92. The highest BCUT2D eigenvalue weighted by Crippen LogP contribution is 2.45. The molecule has 10 aromatic rings. The van der Waals surface area contributed by atoms with Gasteiger partial charge in [0.15, 0.2) is 6.17 Å². The first-order chi connectivity index (χ1) is 25.3. The largest absolute Gasteiger partial charge is 0.456 e. The van der Waals surface area contributed by atoms with Gasteiger partial charge < -0.3 is 18.6 Å². The third kappa shape index (κ3) is 4.30. The zero-order valence-corrected chi connectivity index (χ0v) is 27.1. The third-order valence-electron chi connectivity index (χ3n) is 9.97. The maximum atomic E-state index is 6.76. The molecular formula is C45H27N3O3. The molecule has 1 unspecified atom stereocenters. The average Bonchev–Trinajstić information content (AvgIpc) is 3.89. The van der Waals surface area contributed by atoms with E-state index in [1.54, 1.807) is 0 Å².